The van der Waals surface area contributed by atoms with Gasteiger partial charge in [-0.15, -0.1) is 0 Å². The first kappa shape index (κ1) is 22.1. The molecule has 0 radical (unpaired) electrons. The molecule has 0 aliphatic carbocycles. The fourth-order valence-electron chi connectivity index (χ4n) is 3.91. The van der Waals surface area contributed by atoms with E-state index in [1.54, 1.807) is 36.4 Å². The van der Waals surface area contributed by atoms with Crippen LogP contribution in [0.4, 0.5) is 4.39 Å². The van der Waals surface area contributed by atoms with Crippen LogP contribution in [0.25, 0.3) is 5.76 Å². The smallest absolute Gasteiger partial charge is 0.296 e. The van der Waals surface area contributed by atoms with Gasteiger partial charge in [0.2, 0.25) is 0 Å². The van der Waals surface area contributed by atoms with Gasteiger partial charge in [0.15, 0.2) is 0 Å². The number of carbonyl (C=O) groups excluding carboxylic acids is 2. The van der Waals surface area contributed by atoms with Gasteiger partial charge in [0.25, 0.3) is 11.7 Å². The number of nitrogens with zero attached hydrogens (tertiary/aromatic N) is 1. The van der Waals surface area contributed by atoms with Gasteiger partial charge in [-0.1, -0.05) is 12.1 Å². The van der Waals surface area contributed by atoms with E-state index < -0.39 is 29.3 Å². The molecule has 4 rings (SSSR count). The normalized spacial score (nSPS) is 17.4. The predicted octanol–water partition coefficient (Wildman–Crippen LogP) is 4.45. The van der Waals surface area contributed by atoms with Gasteiger partial charge in [-0.05, 0) is 55.0 Å². The highest BCUT2D eigenvalue weighted by atomic mass is 19.1. The summed E-state index contributed by atoms with van der Waals surface area (Å²) >= 11 is 0. The molecule has 0 saturated carbocycles. The molecule has 2 heterocycles. The number of methoxy groups -OCH3 is 1. The van der Waals surface area contributed by atoms with E-state index in [0.717, 1.165) is 6.07 Å². The van der Waals surface area contributed by atoms with Crippen molar-refractivity contribution < 1.29 is 33.0 Å². The molecule has 1 N–H and O–H groups in total. The van der Waals surface area contributed by atoms with Crippen LogP contribution in [0.3, 0.4) is 0 Å². The summed E-state index contributed by atoms with van der Waals surface area (Å²) < 4.78 is 30.2. The molecule has 7 nitrogen and oxygen atoms in total. The lowest BCUT2D eigenvalue weighted by molar-refractivity contribution is -0.140. The maximum absolute atomic E-state index is 14.0. The van der Waals surface area contributed by atoms with E-state index in [-0.39, 0.29) is 23.4 Å². The van der Waals surface area contributed by atoms with Gasteiger partial charge in [0.05, 0.1) is 43.7 Å². The van der Waals surface area contributed by atoms with Gasteiger partial charge in [-0.25, -0.2) is 4.39 Å². The minimum atomic E-state index is -0.955. The van der Waals surface area contributed by atoms with E-state index >= 15 is 0 Å². The molecule has 3 aromatic rings. The van der Waals surface area contributed by atoms with E-state index in [0.29, 0.717) is 23.7 Å². The maximum atomic E-state index is 14.0. The molecule has 170 valence electrons. The molecule has 1 atom stereocenters. The second kappa shape index (κ2) is 9.20. The Labute approximate surface area is 189 Å². The van der Waals surface area contributed by atoms with Crippen molar-refractivity contribution in [2.75, 3.05) is 13.7 Å². The second-order valence-electron chi connectivity index (χ2n) is 7.36. The molecule has 1 aromatic heterocycles. The average molecular weight is 451 g/mol. The molecule has 1 saturated heterocycles. The Morgan fingerprint density at radius 2 is 1.97 bits per heavy atom. The summed E-state index contributed by atoms with van der Waals surface area (Å²) in [7, 11) is 1.36. The van der Waals surface area contributed by atoms with Gasteiger partial charge in [0.1, 0.15) is 28.8 Å². The predicted molar refractivity (Wildman–Crippen MR) is 117 cm³/mol. The Morgan fingerprint density at radius 1 is 1.15 bits per heavy atom. The van der Waals surface area contributed by atoms with Crippen LogP contribution >= 0.6 is 0 Å². The number of rotatable bonds is 7. The number of aliphatic hydroxyl groups is 1. The summed E-state index contributed by atoms with van der Waals surface area (Å²) in [6.45, 7) is 2.26. The molecule has 0 spiro atoms. The first-order valence-corrected chi connectivity index (χ1v) is 10.3. The lowest BCUT2D eigenvalue weighted by atomic mass is 9.94. The number of ether oxygens (including phenoxy) is 2. The van der Waals surface area contributed by atoms with Crippen molar-refractivity contribution in [1.29, 1.82) is 0 Å². The molecule has 2 aromatic carbocycles. The van der Waals surface area contributed by atoms with Crippen LogP contribution in [-0.2, 0) is 16.1 Å². The third-order valence-electron chi connectivity index (χ3n) is 5.35. The van der Waals surface area contributed by atoms with E-state index in [9.17, 15) is 19.1 Å². The number of furan rings is 1. The van der Waals surface area contributed by atoms with Gasteiger partial charge >= 0.3 is 0 Å². The van der Waals surface area contributed by atoms with Crippen LogP contribution in [0.2, 0.25) is 0 Å². The van der Waals surface area contributed by atoms with Crippen LogP contribution in [0.15, 0.2) is 70.9 Å². The standard InChI is InChI=1S/C25H22FNO6/c1-3-32-17-7-4-6-15(12-17)22-21(23(28)19-13-16(26)9-10-20(19)31-2)24(29)25(30)27(22)14-18-8-5-11-33-18/h4-13,22,28H,3,14H2,1-2H3/b23-21+. The Morgan fingerprint density at radius 3 is 2.67 bits per heavy atom. The van der Waals surface area contributed by atoms with Crippen LogP contribution in [-0.4, -0.2) is 35.4 Å². The highest BCUT2D eigenvalue weighted by molar-refractivity contribution is 6.46. The monoisotopic (exact) mass is 451 g/mol. The summed E-state index contributed by atoms with van der Waals surface area (Å²) in [5, 5.41) is 11.2. The number of carbonyl (C=O) groups is 2. The molecule has 8 heteroatoms. The zero-order valence-corrected chi connectivity index (χ0v) is 18.1. The van der Waals surface area contributed by atoms with Gasteiger partial charge in [-0.2, -0.15) is 0 Å². The largest absolute Gasteiger partial charge is 0.507 e. The molecule has 1 aliphatic heterocycles. The first-order valence-electron chi connectivity index (χ1n) is 10.3. The lowest BCUT2D eigenvalue weighted by Gasteiger charge is -2.25. The number of benzene rings is 2. The summed E-state index contributed by atoms with van der Waals surface area (Å²) in [6.07, 6.45) is 1.47. The van der Waals surface area contributed by atoms with E-state index in [1.165, 1.54) is 30.4 Å². The number of Topliss-reactive ketones (excluding diaryl/α,β-unsaturated/α-hetero) is 1. The fraction of sp³-hybridized carbons (Fsp3) is 0.200. The van der Waals surface area contributed by atoms with Crippen LogP contribution in [0.5, 0.6) is 11.5 Å². The number of likely N-dealkylation sites (tertiary alicyclic amines) is 1. The summed E-state index contributed by atoms with van der Waals surface area (Å²) in [6, 6.07) is 12.9. The highest BCUT2D eigenvalue weighted by Crippen LogP contribution is 2.42. The number of amides is 1. The molecular formula is C25H22FNO6. The van der Waals surface area contributed by atoms with Crippen LogP contribution in [0, 0.1) is 5.82 Å². The molecule has 0 bridgehead atoms. The van der Waals surface area contributed by atoms with E-state index in [4.69, 9.17) is 13.9 Å². The van der Waals surface area contributed by atoms with Crippen molar-refractivity contribution >= 4 is 17.4 Å². The van der Waals surface area contributed by atoms with Gasteiger partial charge in [0, 0.05) is 0 Å². The molecule has 33 heavy (non-hydrogen) atoms. The first-order chi connectivity index (χ1) is 15.9. The number of hydrogen-bond donors (Lipinski definition) is 1. The zero-order chi connectivity index (χ0) is 23.5. The Balaban J connectivity index is 1.91. The van der Waals surface area contributed by atoms with Crippen LogP contribution in [0.1, 0.15) is 29.9 Å². The third-order valence-corrected chi connectivity index (χ3v) is 5.35. The fourth-order valence-corrected chi connectivity index (χ4v) is 3.91. The molecule has 1 fully saturated rings. The van der Waals surface area contributed by atoms with Crippen LogP contribution < -0.4 is 9.47 Å². The second-order valence-corrected chi connectivity index (χ2v) is 7.36. The summed E-state index contributed by atoms with van der Waals surface area (Å²) in [5.74, 6) is -1.69. The van der Waals surface area contributed by atoms with Crippen molar-refractivity contribution in [3.8, 4) is 11.5 Å². The summed E-state index contributed by atoms with van der Waals surface area (Å²) in [5.41, 5.74) is 0.340. The molecule has 1 aliphatic rings. The number of aliphatic hydroxyl groups excluding tert-OH is 1. The Hall–Kier alpha value is -4.07. The quantitative estimate of drug-likeness (QED) is 0.324. The minimum Gasteiger partial charge on any atom is -0.507 e. The molecule has 1 unspecified atom stereocenters. The topological polar surface area (TPSA) is 89.2 Å². The van der Waals surface area contributed by atoms with E-state index in [1.807, 2.05) is 6.92 Å². The number of hydrogen-bond acceptors (Lipinski definition) is 6. The minimum absolute atomic E-state index is 0.00182. The third kappa shape index (κ3) is 4.19. The molecular weight excluding hydrogens is 429 g/mol. The summed E-state index contributed by atoms with van der Waals surface area (Å²) in [4.78, 5) is 27.5. The Bertz CT molecular complexity index is 1220. The number of ketones is 1. The zero-order valence-electron chi connectivity index (χ0n) is 18.1. The van der Waals surface area contributed by atoms with Gasteiger partial charge < -0.3 is 23.9 Å². The Kier molecular flexibility index (Phi) is 6.17. The maximum Gasteiger partial charge on any atom is 0.296 e. The van der Waals surface area contributed by atoms with Crippen molar-refractivity contribution in [2.24, 2.45) is 0 Å². The lowest BCUT2D eigenvalue weighted by Crippen LogP contribution is -2.29. The molecule has 1 amide bonds. The average Bonchev–Trinajstić information content (AvgIpc) is 3.41. The highest BCUT2D eigenvalue weighted by Gasteiger charge is 2.46. The van der Waals surface area contributed by atoms with Crippen molar-refractivity contribution in [2.45, 2.75) is 19.5 Å². The number of halogens is 1. The van der Waals surface area contributed by atoms with Crippen molar-refractivity contribution in [3.05, 3.63) is 89.1 Å². The van der Waals surface area contributed by atoms with Crippen molar-refractivity contribution in [1.82, 2.24) is 4.90 Å². The SMILES string of the molecule is CCOc1cccc(C2/C(=C(\O)c3cc(F)ccc3OC)C(=O)C(=O)N2Cc2ccco2)c1. The van der Waals surface area contributed by atoms with Crippen molar-refractivity contribution in [3.63, 3.8) is 0 Å². The van der Waals surface area contributed by atoms with E-state index in [2.05, 4.69) is 0 Å². The van der Waals surface area contributed by atoms with Gasteiger partial charge in [-0.3, -0.25) is 9.59 Å².